The maximum Gasteiger partial charge on any atom is 0.150 e. The third-order valence-electron chi connectivity index (χ3n) is 3.35. The number of nitrogens with one attached hydrogen (secondary N) is 1. The van der Waals surface area contributed by atoms with Crippen LogP contribution in [0.2, 0.25) is 0 Å². The average molecular weight is 270 g/mol. The van der Waals surface area contributed by atoms with Gasteiger partial charge in [0.25, 0.3) is 0 Å². The number of nitrogens with zero attached hydrogens (tertiary/aromatic N) is 1. The van der Waals surface area contributed by atoms with E-state index in [4.69, 9.17) is 9.47 Å². The SMILES string of the molecule is c1cncc(Oc2ccccc2NC[C@H]2CCOC2)c1. The lowest BCUT2D eigenvalue weighted by Gasteiger charge is -2.14. The van der Waals surface area contributed by atoms with E-state index in [1.54, 1.807) is 12.4 Å². The van der Waals surface area contributed by atoms with Crippen LogP contribution in [0.1, 0.15) is 6.42 Å². The van der Waals surface area contributed by atoms with E-state index in [1.807, 2.05) is 36.4 Å². The first kappa shape index (κ1) is 12.9. The van der Waals surface area contributed by atoms with Gasteiger partial charge in [-0.15, -0.1) is 0 Å². The van der Waals surface area contributed by atoms with Gasteiger partial charge in [0, 0.05) is 25.3 Å². The molecule has 1 saturated heterocycles. The van der Waals surface area contributed by atoms with Crippen LogP contribution in [-0.4, -0.2) is 24.7 Å². The zero-order valence-corrected chi connectivity index (χ0v) is 11.3. The van der Waals surface area contributed by atoms with Crippen molar-refractivity contribution < 1.29 is 9.47 Å². The smallest absolute Gasteiger partial charge is 0.150 e. The second-order valence-corrected chi connectivity index (χ2v) is 4.90. The zero-order chi connectivity index (χ0) is 13.6. The fourth-order valence-electron chi connectivity index (χ4n) is 2.23. The van der Waals surface area contributed by atoms with Crippen molar-refractivity contribution in [2.45, 2.75) is 6.42 Å². The molecule has 0 amide bonds. The first-order chi connectivity index (χ1) is 9.92. The molecule has 3 rings (SSSR count). The molecule has 2 heterocycles. The van der Waals surface area contributed by atoms with Crippen LogP contribution in [0.15, 0.2) is 48.8 Å². The molecule has 0 aliphatic carbocycles. The highest BCUT2D eigenvalue weighted by Gasteiger charge is 2.15. The van der Waals surface area contributed by atoms with Gasteiger partial charge in [0.1, 0.15) is 5.75 Å². The van der Waals surface area contributed by atoms with Crippen LogP contribution in [0, 0.1) is 5.92 Å². The Labute approximate surface area is 118 Å². The summed E-state index contributed by atoms with van der Waals surface area (Å²) in [5, 5.41) is 3.45. The molecule has 20 heavy (non-hydrogen) atoms. The Hall–Kier alpha value is -2.07. The summed E-state index contributed by atoms with van der Waals surface area (Å²) in [4.78, 5) is 4.06. The number of hydrogen-bond donors (Lipinski definition) is 1. The summed E-state index contributed by atoms with van der Waals surface area (Å²) in [6.07, 6.45) is 4.57. The Morgan fingerprint density at radius 3 is 3.00 bits per heavy atom. The van der Waals surface area contributed by atoms with Crippen molar-refractivity contribution in [3.8, 4) is 11.5 Å². The number of benzene rings is 1. The molecule has 0 unspecified atom stereocenters. The summed E-state index contributed by atoms with van der Waals surface area (Å²) in [5.41, 5.74) is 1.00. The number of para-hydroxylation sites is 2. The maximum atomic E-state index is 5.87. The van der Waals surface area contributed by atoms with Crippen LogP contribution in [0.5, 0.6) is 11.5 Å². The van der Waals surface area contributed by atoms with Crippen LogP contribution in [0.25, 0.3) is 0 Å². The van der Waals surface area contributed by atoms with Gasteiger partial charge in [-0.25, -0.2) is 0 Å². The van der Waals surface area contributed by atoms with Crippen LogP contribution in [0.4, 0.5) is 5.69 Å². The normalized spacial score (nSPS) is 17.9. The molecule has 2 aromatic rings. The van der Waals surface area contributed by atoms with Gasteiger partial charge in [0.05, 0.1) is 18.5 Å². The highest BCUT2D eigenvalue weighted by molar-refractivity contribution is 5.57. The number of hydrogen-bond acceptors (Lipinski definition) is 4. The first-order valence-corrected chi connectivity index (χ1v) is 6.90. The summed E-state index contributed by atoms with van der Waals surface area (Å²) in [7, 11) is 0. The van der Waals surface area contributed by atoms with E-state index in [0.29, 0.717) is 5.92 Å². The van der Waals surface area contributed by atoms with Gasteiger partial charge in [0.2, 0.25) is 0 Å². The van der Waals surface area contributed by atoms with Gasteiger partial charge < -0.3 is 14.8 Å². The summed E-state index contributed by atoms with van der Waals surface area (Å²) in [5.74, 6) is 2.15. The predicted molar refractivity (Wildman–Crippen MR) is 78.2 cm³/mol. The highest BCUT2D eigenvalue weighted by atomic mass is 16.5. The lowest BCUT2D eigenvalue weighted by atomic mass is 10.1. The molecule has 0 radical (unpaired) electrons. The van der Waals surface area contributed by atoms with E-state index < -0.39 is 0 Å². The summed E-state index contributed by atoms with van der Waals surface area (Å²) < 4.78 is 11.3. The van der Waals surface area contributed by atoms with E-state index in [-0.39, 0.29) is 0 Å². The molecule has 1 aliphatic rings. The molecule has 1 atom stereocenters. The van der Waals surface area contributed by atoms with Crippen LogP contribution in [-0.2, 0) is 4.74 Å². The topological polar surface area (TPSA) is 43.4 Å². The lowest BCUT2D eigenvalue weighted by Crippen LogP contribution is -2.14. The molecular weight excluding hydrogens is 252 g/mol. The van der Waals surface area contributed by atoms with Crippen molar-refractivity contribution in [3.63, 3.8) is 0 Å². The van der Waals surface area contributed by atoms with Crippen molar-refractivity contribution in [2.24, 2.45) is 5.92 Å². The average Bonchev–Trinajstić information content (AvgIpc) is 3.01. The van der Waals surface area contributed by atoms with E-state index in [1.165, 1.54) is 0 Å². The van der Waals surface area contributed by atoms with Crippen molar-refractivity contribution in [2.75, 3.05) is 25.1 Å². The molecule has 1 fully saturated rings. The fourth-order valence-corrected chi connectivity index (χ4v) is 2.23. The Bertz CT molecular complexity index is 539. The van der Waals surface area contributed by atoms with Crippen LogP contribution >= 0.6 is 0 Å². The monoisotopic (exact) mass is 270 g/mol. The van der Waals surface area contributed by atoms with Crippen LogP contribution in [0.3, 0.4) is 0 Å². The molecule has 104 valence electrons. The first-order valence-electron chi connectivity index (χ1n) is 6.90. The van der Waals surface area contributed by atoms with Gasteiger partial charge in [-0.3, -0.25) is 4.98 Å². The molecule has 1 aliphatic heterocycles. The largest absolute Gasteiger partial charge is 0.454 e. The fraction of sp³-hybridized carbons (Fsp3) is 0.312. The number of ether oxygens (including phenoxy) is 2. The minimum atomic E-state index is 0.585. The second-order valence-electron chi connectivity index (χ2n) is 4.90. The number of pyridine rings is 1. The maximum absolute atomic E-state index is 5.87. The van der Waals surface area contributed by atoms with Crippen molar-refractivity contribution in [1.82, 2.24) is 4.98 Å². The Morgan fingerprint density at radius 1 is 1.25 bits per heavy atom. The van der Waals surface area contributed by atoms with Crippen molar-refractivity contribution in [3.05, 3.63) is 48.8 Å². The van der Waals surface area contributed by atoms with Gasteiger partial charge in [-0.1, -0.05) is 12.1 Å². The van der Waals surface area contributed by atoms with E-state index in [9.17, 15) is 0 Å². The van der Waals surface area contributed by atoms with Gasteiger partial charge in [0.15, 0.2) is 5.75 Å². The zero-order valence-electron chi connectivity index (χ0n) is 11.3. The van der Waals surface area contributed by atoms with Gasteiger partial charge in [-0.2, -0.15) is 0 Å². The molecule has 1 aromatic heterocycles. The number of aromatic nitrogens is 1. The summed E-state index contributed by atoms with van der Waals surface area (Å²) in [6.45, 7) is 2.63. The molecule has 4 heteroatoms. The number of rotatable bonds is 5. The van der Waals surface area contributed by atoms with Crippen molar-refractivity contribution >= 4 is 5.69 Å². The Morgan fingerprint density at radius 2 is 2.20 bits per heavy atom. The molecule has 0 saturated carbocycles. The van der Waals surface area contributed by atoms with Gasteiger partial charge in [-0.05, 0) is 30.7 Å². The van der Waals surface area contributed by atoms with Crippen LogP contribution < -0.4 is 10.1 Å². The lowest BCUT2D eigenvalue weighted by molar-refractivity contribution is 0.187. The standard InChI is InChI=1S/C16H18N2O2/c1-2-6-16(20-14-4-3-8-17-11-14)15(5-1)18-10-13-7-9-19-12-13/h1-6,8,11,13,18H,7,9-10,12H2/t13-/m1/s1. The minimum Gasteiger partial charge on any atom is -0.454 e. The van der Waals surface area contributed by atoms with E-state index >= 15 is 0 Å². The summed E-state index contributed by atoms with van der Waals surface area (Å²) >= 11 is 0. The predicted octanol–water partition coefficient (Wildman–Crippen LogP) is 3.32. The molecular formula is C16H18N2O2. The van der Waals surface area contributed by atoms with E-state index in [2.05, 4.69) is 10.3 Å². The van der Waals surface area contributed by atoms with Gasteiger partial charge >= 0.3 is 0 Å². The number of anilines is 1. The molecule has 4 nitrogen and oxygen atoms in total. The van der Waals surface area contributed by atoms with Crippen molar-refractivity contribution in [1.29, 1.82) is 0 Å². The molecule has 0 spiro atoms. The third kappa shape index (κ3) is 3.27. The third-order valence-corrected chi connectivity index (χ3v) is 3.35. The highest BCUT2D eigenvalue weighted by Crippen LogP contribution is 2.29. The Kier molecular flexibility index (Phi) is 4.13. The quantitative estimate of drug-likeness (QED) is 0.905. The molecule has 1 N–H and O–H groups in total. The summed E-state index contributed by atoms with van der Waals surface area (Å²) in [6, 6.07) is 11.7. The Balaban J connectivity index is 1.67. The molecule has 0 bridgehead atoms. The van der Waals surface area contributed by atoms with E-state index in [0.717, 1.165) is 43.4 Å². The minimum absolute atomic E-state index is 0.585. The second kappa shape index (κ2) is 6.39. The molecule has 1 aromatic carbocycles.